The SMILES string of the molecule is CC(C)[Se]Cc1cn([C@H]2C[C@H](O)[C@@H](CO)O2)c(=O)[nH]c1=O. The molecule has 0 aromatic carbocycles. The second-order valence-corrected chi connectivity index (χ2v) is 8.58. The molecule has 1 aromatic rings. The second kappa shape index (κ2) is 6.89. The van der Waals surface area contributed by atoms with E-state index in [9.17, 15) is 14.7 Å². The van der Waals surface area contributed by atoms with E-state index in [0.29, 0.717) is 15.7 Å². The van der Waals surface area contributed by atoms with Crippen LogP contribution in [0.3, 0.4) is 0 Å². The fourth-order valence-corrected chi connectivity index (χ4v) is 3.66. The van der Waals surface area contributed by atoms with Crippen molar-refractivity contribution in [1.29, 1.82) is 0 Å². The van der Waals surface area contributed by atoms with Gasteiger partial charge in [0.15, 0.2) is 0 Å². The summed E-state index contributed by atoms with van der Waals surface area (Å²) >= 11 is 0.277. The van der Waals surface area contributed by atoms with Gasteiger partial charge in [-0.2, -0.15) is 0 Å². The molecule has 1 fully saturated rings. The molecule has 0 amide bonds. The van der Waals surface area contributed by atoms with Gasteiger partial charge in [0.25, 0.3) is 0 Å². The van der Waals surface area contributed by atoms with Crippen LogP contribution in [0, 0.1) is 0 Å². The summed E-state index contributed by atoms with van der Waals surface area (Å²) in [6.45, 7) is 3.87. The van der Waals surface area contributed by atoms with Crippen molar-refractivity contribution in [3.05, 3.63) is 32.6 Å². The number of hydrogen-bond acceptors (Lipinski definition) is 5. The number of hydrogen-bond donors (Lipinski definition) is 3. The van der Waals surface area contributed by atoms with Crippen molar-refractivity contribution in [3.8, 4) is 0 Å². The Morgan fingerprint density at radius 1 is 1.52 bits per heavy atom. The Labute approximate surface area is 128 Å². The molecule has 0 radical (unpaired) electrons. The van der Waals surface area contributed by atoms with E-state index in [0.717, 1.165) is 0 Å². The van der Waals surface area contributed by atoms with E-state index in [-0.39, 0.29) is 33.5 Å². The maximum absolute atomic E-state index is 11.9. The van der Waals surface area contributed by atoms with Gasteiger partial charge in [0, 0.05) is 0 Å². The van der Waals surface area contributed by atoms with Gasteiger partial charge in [0.2, 0.25) is 0 Å². The van der Waals surface area contributed by atoms with Gasteiger partial charge in [-0.25, -0.2) is 0 Å². The molecule has 7 nitrogen and oxygen atoms in total. The van der Waals surface area contributed by atoms with Crippen molar-refractivity contribution in [3.63, 3.8) is 0 Å². The van der Waals surface area contributed by atoms with E-state index in [1.807, 2.05) is 0 Å². The van der Waals surface area contributed by atoms with Gasteiger partial charge in [-0.15, -0.1) is 0 Å². The van der Waals surface area contributed by atoms with Crippen molar-refractivity contribution in [2.75, 3.05) is 6.61 Å². The van der Waals surface area contributed by atoms with Crippen LogP contribution in [0.1, 0.15) is 32.1 Å². The summed E-state index contributed by atoms with van der Waals surface area (Å²) in [7, 11) is 0. The van der Waals surface area contributed by atoms with Gasteiger partial charge in [-0.3, -0.25) is 0 Å². The Hall–Kier alpha value is -0.921. The first-order valence-corrected chi connectivity index (χ1v) is 9.02. The summed E-state index contributed by atoms with van der Waals surface area (Å²) in [5.74, 6) is 0. The summed E-state index contributed by atoms with van der Waals surface area (Å²) < 4.78 is 6.75. The molecule has 21 heavy (non-hydrogen) atoms. The summed E-state index contributed by atoms with van der Waals surface area (Å²) in [6.07, 6.45) is -0.444. The molecular formula is C13H20N2O5Se. The minimum absolute atomic E-state index is 0.214. The first-order valence-electron chi connectivity index (χ1n) is 6.82. The number of aliphatic hydroxyl groups is 2. The molecule has 1 aromatic heterocycles. The van der Waals surface area contributed by atoms with E-state index in [1.54, 1.807) is 0 Å². The molecule has 1 aliphatic heterocycles. The molecule has 0 bridgehead atoms. The number of nitrogens with one attached hydrogen (secondary N) is 1. The van der Waals surface area contributed by atoms with Crippen LogP contribution in [-0.2, 0) is 10.1 Å². The van der Waals surface area contributed by atoms with Gasteiger partial charge >= 0.3 is 128 Å². The van der Waals surface area contributed by atoms with Crippen LogP contribution in [0.25, 0.3) is 0 Å². The molecule has 3 atom stereocenters. The molecule has 0 spiro atoms. The third-order valence-corrected chi connectivity index (χ3v) is 5.71. The predicted molar refractivity (Wildman–Crippen MR) is 77.5 cm³/mol. The van der Waals surface area contributed by atoms with Gasteiger partial charge in [0.1, 0.15) is 0 Å². The fraction of sp³-hybridized carbons (Fsp3) is 0.692. The zero-order valence-electron chi connectivity index (χ0n) is 12.0. The topological polar surface area (TPSA) is 105 Å². The quantitative estimate of drug-likeness (QED) is 0.595. The normalized spacial score (nSPS) is 25.7. The van der Waals surface area contributed by atoms with Crippen LogP contribution < -0.4 is 11.2 Å². The van der Waals surface area contributed by atoms with Crippen LogP contribution in [0.2, 0.25) is 4.82 Å². The first kappa shape index (κ1) is 16.4. The maximum atomic E-state index is 11.9. The summed E-state index contributed by atoms with van der Waals surface area (Å²) in [4.78, 5) is 26.5. The number of H-pyrrole nitrogens is 1. The molecule has 0 saturated carbocycles. The van der Waals surface area contributed by atoms with Crippen LogP contribution in [-0.4, -0.2) is 53.5 Å². The Morgan fingerprint density at radius 2 is 2.24 bits per heavy atom. The second-order valence-electron chi connectivity index (χ2n) is 5.30. The minimum atomic E-state index is -0.817. The monoisotopic (exact) mass is 364 g/mol. The molecule has 118 valence electrons. The Bertz CT molecular complexity index is 597. The van der Waals surface area contributed by atoms with Crippen LogP contribution in [0.5, 0.6) is 0 Å². The molecular weight excluding hydrogens is 343 g/mol. The van der Waals surface area contributed by atoms with Crippen molar-refractivity contribution in [1.82, 2.24) is 9.55 Å². The third kappa shape index (κ3) is 3.84. The van der Waals surface area contributed by atoms with E-state index in [2.05, 4.69) is 18.8 Å². The molecule has 0 unspecified atom stereocenters. The molecule has 1 saturated heterocycles. The molecule has 0 aliphatic carbocycles. The number of rotatable bonds is 5. The predicted octanol–water partition coefficient (Wildman–Crippen LogP) is -0.790. The van der Waals surface area contributed by atoms with Gasteiger partial charge in [-0.1, -0.05) is 0 Å². The van der Waals surface area contributed by atoms with Gasteiger partial charge in [-0.05, 0) is 0 Å². The molecule has 2 rings (SSSR count). The molecule has 1 aliphatic rings. The summed E-state index contributed by atoms with van der Waals surface area (Å²) in [6, 6.07) is 0. The van der Waals surface area contributed by atoms with Gasteiger partial charge < -0.3 is 0 Å². The van der Waals surface area contributed by atoms with Crippen LogP contribution in [0.15, 0.2) is 15.8 Å². The molecule has 3 N–H and O–H groups in total. The standard InChI is InChI=1S/C13H20N2O5Se/c1-7(2)21-6-8-4-15(13(19)14-12(8)18)11-3-9(17)10(5-16)20-11/h4,7,9-11,16-17H,3,5-6H2,1-2H3,(H,14,18,19)/t9-,10+,11+/m0/s1. The number of aliphatic hydroxyl groups excluding tert-OH is 2. The Morgan fingerprint density at radius 3 is 2.81 bits per heavy atom. The zero-order valence-corrected chi connectivity index (χ0v) is 13.7. The van der Waals surface area contributed by atoms with Crippen molar-refractivity contribution >= 4 is 15.0 Å². The van der Waals surface area contributed by atoms with Crippen LogP contribution >= 0.6 is 0 Å². The Balaban J connectivity index is 2.26. The molecule has 2 heterocycles. The summed E-state index contributed by atoms with van der Waals surface area (Å²) in [5.41, 5.74) is -0.374. The first-order chi connectivity index (χ1) is 9.92. The van der Waals surface area contributed by atoms with E-state index in [4.69, 9.17) is 9.84 Å². The van der Waals surface area contributed by atoms with Crippen LogP contribution in [0.4, 0.5) is 0 Å². The van der Waals surface area contributed by atoms with E-state index >= 15 is 0 Å². The third-order valence-electron chi connectivity index (χ3n) is 3.31. The van der Waals surface area contributed by atoms with E-state index in [1.165, 1.54) is 10.8 Å². The van der Waals surface area contributed by atoms with Gasteiger partial charge in [0.05, 0.1) is 0 Å². The average Bonchev–Trinajstić information content (AvgIpc) is 2.78. The number of aromatic nitrogens is 2. The fourth-order valence-electron chi connectivity index (χ4n) is 2.15. The average molecular weight is 363 g/mol. The van der Waals surface area contributed by atoms with Crippen molar-refractivity contribution in [2.45, 2.75) is 48.8 Å². The van der Waals surface area contributed by atoms with Crippen molar-refractivity contribution < 1.29 is 14.9 Å². The number of ether oxygens (including phenoxy) is 1. The Kier molecular flexibility index (Phi) is 5.40. The van der Waals surface area contributed by atoms with Crippen molar-refractivity contribution in [2.24, 2.45) is 0 Å². The zero-order chi connectivity index (χ0) is 15.6. The number of nitrogens with zero attached hydrogens (tertiary/aromatic N) is 1. The number of aromatic amines is 1. The summed E-state index contributed by atoms with van der Waals surface area (Å²) in [5, 5.41) is 19.5. The van der Waals surface area contributed by atoms with E-state index < -0.39 is 24.1 Å². The molecule has 8 heteroatoms.